The lowest BCUT2D eigenvalue weighted by molar-refractivity contribution is -0.138. The van der Waals surface area contributed by atoms with Crippen LogP contribution in [0.2, 0.25) is 0 Å². The van der Waals surface area contributed by atoms with Gasteiger partial charge < -0.3 is 5.32 Å². The maximum atomic E-state index is 12.9. The Kier molecular flexibility index (Phi) is 2.84. The molecule has 1 aliphatic heterocycles. The van der Waals surface area contributed by atoms with Crippen molar-refractivity contribution in [2.24, 2.45) is 4.99 Å². The Labute approximate surface area is 99.5 Å². The Morgan fingerprint density at radius 3 is 2.50 bits per heavy atom. The van der Waals surface area contributed by atoms with Crippen LogP contribution in [0.3, 0.4) is 0 Å². The number of nitrogens with one attached hydrogen (secondary N) is 1. The van der Waals surface area contributed by atoms with Gasteiger partial charge in [0.15, 0.2) is 0 Å². The molecular weight excluding hydrogens is 252 g/mol. The van der Waals surface area contributed by atoms with Crippen molar-refractivity contribution < 1.29 is 22.4 Å². The van der Waals surface area contributed by atoms with Crippen molar-refractivity contribution >= 4 is 11.7 Å². The minimum Gasteiger partial charge on any atom is -0.309 e. The normalized spacial score (nSPS) is 19.7. The molecule has 96 valence electrons. The summed E-state index contributed by atoms with van der Waals surface area (Å²) >= 11 is 0. The number of aliphatic imine (C=N–C) groups is 1. The van der Waals surface area contributed by atoms with Crippen molar-refractivity contribution in [3.05, 3.63) is 35.1 Å². The number of carbonyl (C=O) groups excluding carboxylic acids is 1. The first-order chi connectivity index (χ1) is 8.29. The molecule has 0 saturated carbocycles. The van der Waals surface area contributed by atoms with Gasteiger partial charge in [-0.15, -0.1) is 0 Å². The van der Waals surface area contributed by atoms with Crippen LogP contribution in [0.4, 0.5) is 17.6 Å². The molecule has 1 aliphatic rings. The molecule has 18 heavy (non-hydrogen) atoms. The molecule has 1 heterocycles. The largest absolute Gasteiger partial charge is 0.417 e. The number of hydrogen-bond acceptors (Lipinski definition) is 2. The van der Waals surface area contributed by atoms with E-state index in [-0.39, 0.29) is 11.4 Å². The lowest BCUT2D eigenvalue weighted by Crippen LogP contribution is -2.29. The van der Waals surface area contributed by atoms with E-state index in [1.165, 1.54) is 6.92 Å². The summed E-state index contributed by atoms with van der Waals surface area (Å²) in [5.41, 5.74) is -1.49. The molecule has 1 aromatic rings. The van der Waals surface area contributed by atoms with Gasteiger partial charge in [0.2, 0.25) is 5.91 Å². The summed E-state index contributed by atoms with van der Waals surface area (Å²) < 4.78 is 51.1. The van der Waals surface area contributed by atoms with Gasteiger partial charge in [-0.3, -0.25) is 9.79 Å². The van der Waals surface area contributed by atoms with E-state index in [0.717, 1.165) is 12.1 Å². The number of hydrogen-bond donors (Lipinski definition) is 1. The van der Waals surface area contributed by atoms with Gasteiger partial charge in [-0.05, 0) is 25.1 Å². The van der Waals surface area contributed by atoms with Crippen LogP contribution in [0.5, 0.6) is 0 Å². The highest BCUT2D eigenvalue weighted by Crippen LogP contribution is 2.33. The molecule has 0 spiro atoms. The van der Waals surface area contributed by atoms with Crippen LogP contribution in [0.1, 0.15) is 18.1 Å². The molecule has 2 rings (SSSR count). The van der Waals surface area contributed by atoms with E-state index in [1.807, 2.05) is 0 Å². The smallest absolute Gasteiger partial charge is 0.309 e. The van der Waals surface area contributed by atoms with E-state index in [0.29, 0.717) is 6.07 Å². The minimum absolute atomic E-state index is 0.181. The first kappa shape index (κ1) is 12.5. The van der Waals surface area contributed by atoms with Crippen molar-refractivity contribution in [3.8, 4) is 0 Å². The lowest BCUT2D eigenvalue weighted by atomic mass is 10.1. The molecule has 1 amide bonds. The zero-order valence-electron chi connectivity index (χ0n) is 9.18. The van der Waals surface area contributed by atoms with E-state index in [4.69, 9.17) is 0 Å². The van der Waals surface area contributed by atoms with Gasteiger partial charge in [0.1, 0.15) is 17.7 Å². The molecule has 1 unspecified atom stereocenters. The fourth-order valence-electron chi connectivity index (χ4n) is 1.60. The summed E-state index contributed by atoms with van der Waals surface area (Å²) in [6.45, 7) is 1.46. The van der Waals surface area contributed by atoms with Gasteiger partial charge in [-0.25, -0.2) is 4.39 Å². The van der Waals surface area contributed by atoms with Crippen LogP contribution >= 0.6 is 0 Å². The number of benzene rings is 1. The fraction of sp³-hybridized carbons (Fsp3) is 0.273. The van der Waals surface area contributed by atoms with E-state index in [9.17, 15) is 22.4 Å². The highest BCUT2D eigenvalue weighted by atomic mass is 19.4. The zero-order chi connectivity index (χ0) is 13.5. The third-order valence-electron chi connectivity index (χ3n) is 2.49. The average Bonchev–Trinajstić information content (AvgIpc) is 2.57. The topological polar surface area (TPSA) is 41.5 Å². The molecule has 0 radical (unpaired) electrons. The second-order valence-electron chi connectivity index (χ2n) is 3.83. The van der Waals surface area contributed by atoms with Crippen molar-refractivity contribution in [2.75, 3.05) is 0 Å². The number of carbonyl (C=O) groups is 1. The number of amides is 1. The van der Waals surface area contributed by atoms with Gasteiger partial charge in [-0.1, -0.05) is 0 Å². The summed E-state index contributed by atoms with van der Waals surface area (Å²) in [7, 11) is 0. The molecule has 0 fully saturated rings. The molecule has 0 aliphatic carbocycles. The molecule has 3 nitrogen and oxygen atoms in total. The molecule has 1 N–H and O–H groups in total. The quantitative estimate of drug-likeness (QED) is 0.772. The molecule has 7 heteroatoms. The lowest BCUT2D eigenvalue weighted by Gasteiger charge is -2.12. The molecule has 1 aromatic carbocycles. The summed E-state index contributed by atoms with van der Waals surface area (Å²) in [4.78, 5) is 15.0. The van der Waals surface area contributed by atoms with Crippen molar-refractivity contribution in [1.82, 2.24) is 5.32 Å². The predicted molar refractivity (Wildman–Crippen MR) is 55.5 cm³/mol. The Balaban J connectivity index is 2.52. The van der Waals surface area contributed by atoms with Gasteiger partial charge in [0.25, 0.3) is 0 Å². The third-order valence-corrected chi connectivity index (χ3v) is 2.49. The molecule has 1 atom stereocenters. The first-order valence-electron chi connectivity index (χ1n) is 5.05. The average molecular weight is 260 g/mol. The number of amidine groups is 1. The van der Waals surface area contributed by atoms with E-state index in [1.54, 1.807) is 0 Å². The zero-order valence-corrected chi connectivity index (χ0v) is 9.18. The summed E-state index contributed by atoms with van der Waals surface area (Å²) in [5.74, 6) is -1.66. The number of nitrogens with zero attached hydrogens (tertiary/aromatic N) is 1. The molecule has 0 aromatic heterocycles. The Morgan fingerprint density at radius 1 is 1.33 bits per heavy atom. The monoisotopic (exact) mass is 260 g/mol. The van der Waals surface area contributed by atoms with Crippen LogP contribution in [-0.2, 0) is 11.0 Å². The SMILES string of the molecule is CC1N=C(c2ccc(F)cc2C(F)(F)F)NC1=O. The maximum Gasteiger partial charge on any atom is 0.417 e. The highest BCUT2D eigenvalue weighted by molar-refractivity contribution is 6.14. The second-order valence-corrected chi connectivity index (χ2v) is 3.83. The van der Waals surface area contributed by atoms with Crippen LogP contribution in [0.25, 0.3) is 0 Å². The van der Waals surface area contributed by atoms with Crippen molar-refractivity contribution in [2.45, 2.75) is 19.1 Å². The number of halogens is 4. The standard InChI is InChI=1S/C11H8F4N2O/c1-5-10(18)17-9(16-5)7-3-2-6(12)4-8(7)11(13,14)15/h2-5H,1H3,(H,16,17,18). The maximum absolute atomic E-state index is 12.9. The van der Waals surface area contributed by atoms with Crippen molar-refractivity contribution in [3.63, 3.8) is 0 Å². The third kappa shape index (κ3) is 2.20. The summed E-state index contributed by atoms with van der Waals surface area (Å²) in [5, 5.41) is 2.24. The Hall–Kier alpha value is -1.92. The van der Waals surface area contributed by atoms with Gasteiger partial charge >= 0.3 is 6.18 Å². The van der Waals surface area contributed by atoms with E-state index >= 15 is 0 Å². The molecule has 0 bridgehead atoms. The van der Waals surface area contributed by atoms with Crippen LogP contribution < -0.4 is 5.32 Å². The highest BCUT2D eigenvalue weighted by Gasteiger charge is 2.36. The molecule has 0 saturated heterocycles. The van der Waals surface area contributed by atoms with Gasteiger partial charge in [-0.2, -0.15) is 13.2 Å². The van der Waals surface area contributed by atoms with Gasteiger partial charge in [0, 0.05) is 5.56 Å². The number of alkyl halides is 3. The van der Waals surface area contributed by atoms with E-state index < -0.39 is 29.5 Å². The fourth-order valence-corrected chi connectivity index (χ4v) is 1.60. The van der Waals surface area contributed by atoms with Crippen LogP contribution in [-0.4, -0.2) is 17.8 Å². The first-order valence-corrected chi connectivity index (χ1v) is 5.05. The predicted octanol–water partition coefficient (Wildman–Crippen LogP) is 2.11. The van der Waals surface area contributed by atoms with Crippen molar-refractivity contribution in [1.29, 1.82) is 0 Å². The molecular formula is C11H8F4N2O. The number of rotatable bonds is 1. The Morgan fingerprint density at radius 2 is 2.00 bits per heavy atom. The summed E-state index contributed by atoms with van der Waals surface area (Å²) in [6.07, 6.45) is -4.71. The van der Waals surface area contributed by atoms with Crippen LogP contribution in [0, 0.1) is 5.82 Å². The Bertz CT molecular complexity index is 536. The summed E-state index contributed by atoms with van der Waals surface area (Å²) in [6, 6.07) is 1.48. The minimum atomic E-state index is -4.71. The van der Waals surface area contributed by atoms with E-state index in [2.05, 4.69) is 10.3 Å². The van der Waals surface area contributed by atoms with Gasteiger partial charge in [0.05, 0.1) is 5.56 Å². The van der Waals surface area contributed by atoms with Crippen LogP contribution in [0.15, 0.2) is 23.2 Å². The second kappa shape index (κ2) is 4.08.